The molecule has 0 spiro atoms. The van der Waals surface area contributed by atoms with Crippen molar-refractivity contribution in [3.05, 3.63) is 12.7 Å². The number of hydrogen-bond acceptors (Lipinski definition) is 1. The average molecular weight is 150 g/mol. The summed E-state index contributed by atoms with van der Waals surface area (Å²) in [4.78, 5) is 11.2. The van der Waals surface area contributed by atoms with Gasteiger partial charge in [-0.1, -0.05) is 12.5 Å². The molecule has 0 N–H and O–H groups in total. The predicted molar refractivity (Wildman–Crippen MR) is 44.2 cm³/mol. The number of ketones is 1. The van der Waals surface area contributed by atoms with Crippen LogP contribution in [0.1, 0.15) is 32.1 Å². The maximum Gasteiger partial charge on any atom is 0.137 e. The molecule has 0 amide bonds. The van der Waals surface area contributed by atoms with Crippen molar-refractivity contribution < 1.29 is 4.79 Å². The van der Waals surface area contributed by atoms with Gasteiger partial charge in [-0.3, -0.25) is 4.79 Å². The van der Waals surface area contributed by atoms with Crippen LogP contribution in [0.2, 0.25) is 0 Å². The number of hydrogen-bond donors (Lipinski definition) is 0. The topological polar surface area (TPSA) is 17.1 Å². The third-order valence-electron chi connectivity index (χ3n) is 3.37. The summed E-state index contributed by atoms with van der Waals surface area (Å²) in [6, 6.07) is 0. The van der Waals surface area contributed by atoms with E-state index in [1.807, 2.05) is 6.08 Å². The summed E-state index contributed by atoms with van der Waals surface area (Å²) in [5.74, 6) is 0.921. The normalized spacial score (nSPS) is 41.5. The number of rotatable bonds is 2. The molecule has 0 aliphatic heterocycles. The highest BCUT2D eigenvalue weighted by Crippen LogP contribution is 2.57. The number of carbonyl (C=O) groups is 1. The van der Waals surface area contributed by atoms with Crippen molar-refractivity contribution in [3.63, 3.8) is 0 Å². The third-order valence-corrected chi connectivity index (χ3v) is 3.37. The Bertz CT molecular complexity index is 203. The second-order valence-corrected chi connectivity index (χ2v) is 3.94. The molecule has 2 atom stereocenters. The lowest BCUT2D eigenvalue weighted by Crippen LogP contribution is -2.44. The quantitative estimate of drug-likeness (QED) is 0.552. The van der Waals surface area contributed by atoms with Gasteiger partial charge in [0.15, 0.2) is 0 Å². The highest BCUT2D eigenvalue weighted by molar-refractivity contribution is 5.89. The smallest absolute Gasteiger partial charge is 0.137 e. The molecule has 2 rings (SSSR count). The second-order valence-electron chi connectivity index (χ2n) is 3.94. The first-order valence-electron chi connectivity index (χ1n) is 4.42. The van der Waals surface area contributed by atoms with Crippen LogP contribution in [0.3, 0.4) is 0 Å². The van der Waals surface area contributed by atoms with Crippen LogP contribution < -0.4 is 0 Å². The first kappa shape index (κ1) is 7.08. The van der Waals surface area contributed by atoms with E-state index in [1.165, 1.54) is 12.8 Å². The van der Waals surface area contributed by atoms with Crippen molar-refractivity contribution in [3.8, 4) is 0 Å². The zero-order valence-corrected chi connectivity index (χ0v) is 6.81. The minimum absolute atomic E-state index is 0.388. The minimum Gasteiger partial charge on any atom is -0.299 e. The number of fused-ring (bicyclic) bond motifs is 1. The minimum atomic E-state index is 0.388. The zero-order chi connectivity index (χ0) is 7.90. The highest BCUT2D eigenvalue weighted by atomic mass is 16.1. The molecular weight excluding hydrogens is 136 g/mol. The van der Waals surface area contributed by atoms with Crippen LogP contribution in [0.25, 0.3) is 0 Å². The van der Waals surface area contributed by atoms with E-state index in [0.29, 0.717) is 17.1 Å². The van der Waals surface area contributed by atoms with Crippen LogP contribution >= 0.6 is 0 Å². The molecule has 60 valence electrons. The molecule has 11 heavy (non-hydrogen) atoms. The summed E-state index contributed by atoms with van der Waals surface area (Å²) in [6.07, 6.45) is 7.53. The third kappa shape index (κ3) is 0.800. The summed E-state index contributed by atoms with van der Waals surface area (Å²) >= 11 is 0. The van der Waals surface area contributed by atoms with Crippen molar-refractivity contribution in [2.24, 2.45) is 11.3 Å². The monoisotopic (exact) mass is 150 g/mol. The molecule has 2 unspecified atom stereocenters. The Balaban J connectivity index is 2.14. The van der Waals surface area contributed by atoms with Crippen molar-refractivity contribution in [2.45, 2.75) is 32.1 Å². The standard InChI is InChI=1S/C10H14O/c1-2-5-10-6-3-4-8(10)9(11)7-10/h2,8H,1,3-7H2. The van der Waals surface area contributed by atoms with E-state index in [4.69, 9.17) is 0 Å². The average Bonchev–Trinajstić information content (AvgIpc) is 2.27. The Morgan fingerprint density at radius 1 is 1.73 bits per heavy atom. The van der Waals surface area contributed by atoms with Crippen LogP contribution in [-0.2, 0) is 4.79 Å². The lowest BCUT2D eigenvalue weighted by molar-refractivity contribution is -0.140. The van der Waals surface area contributed by atoms with Gasteiger partial charge in [-0.05, 0) is 24.7 Å². The molecule has 2 aliphatic carbocycles. The van der Waals surface area contributed by atoms with Crippen LogP contribution in [0.5, 0.6) is 0 Å². The molecule has 1 heteroatoms. The van der Waals surface area contributed by atoms with Crippen LogP contribution in [0, 0.1) is 11.3 Å². The van der Waals surface area contributed by atoms with Gasteiger partial charge in [-0.2, -0.15) is 0 Å². The SMILES string of the molecule is C=CCC12CCCC1C(=O)C2. The molecule has 0 radical (unpaired) electrons. The fourth-order valence-corrected chi connectivity index (χ4v) is 2.80. The van der Waals surface area contributed by atoms with Crippen molar-refractivity contribution in [2.75, 3.05) is 0 Å². The van der Waals surface area contributed by atoms with Crippen molar-refractivity contribution >= 4 is 5.78 Å². The van der Waals surface area contributed by atoms with E-state index in [1.54, 1.807) is 0 Å². The largest absolute Gasteiger partial charge is 0.299 e. The van der Waals surface area contributed by atoms with Gasteiger partial charge in [0.1, 0.15) is 5.78 Å². The van der Waals surface area contributed by atoms with Gasteiger partial charge < -0.3 is 0 Å². The molecule has 0 heterocycles. The van der Waals surface area contributed by atoms with Crippen LogP contribution in [0.15, 0.2) is 12.7 Å². The van der Waals surface area contributed by atoms with Gasteiger partial charge in [0, 0.05) is 12.3 Å². The van der Waals surface area contributed by atoms with E-state index < -0.39 is 0 Å². The lowest BCUT2D eigenvalue weighted by Gasteiger charge is -2.43. The Hall–Kier alpha value is -0.590. The van der Waals surface area contributed by atoms with Crippen LogP contribution in [0.4, 0.5) is 0 Å². The van der Waals surface area contributed by atoms with Gasteiger partial charge in [0.2, 0.25) is 0 Å². The first-order chi connectivity index (χ1) is 5.28. The summed E-state index contributed by atoms with van der Waals surface area (Å²) < 4.78 is 0. The summed E-state index contributed by atoms with van der Waals surface area (Å²) in [6.45, 7) is 3.75. The second kappa shape index (κ2) is 2.20. The van der Waals surface area contributed by atoms with E-state index >= 15 is 0 Å². The Kier molecular flexibility index (Phi) is 1.41. The molecule has 0 aromatic heterocycles. The number of Topliss-reactive ketones (excluding diaryl/α,β-unsaturated/α-hetero) is 1. The van der Waals surface area contributed by atoms with Gasteiger partial charge in [-0.15, -0.1) is 6.58 Å². The van der Waals surface area contributed by atoms with E-state index in [-0.39, 0.29) is 0 Å². The molecular formula is C10H14O. The number of allylic oxidation sites excluding steroid dienone is 1. The Morgan fingerprint density at radius 3 is 3.18 bits per heavy atom. The molecule has 1 nitrogen and oxygen atoms in total. The molecule has 0 aromatic carbocycles. The highest BCUT2D eigenvalue weighted by Gasteiger charge is 2.54. The Labute approximate surface area is 67.5 Å². The van der Waals surface area contributed by atoms with Crippen molar-refractivity contribution in [1.29, 1.82) is 0 Å². The molecule has 2 fully saturated rings. The summed E-state index contributed by atoms with van der Waals surface area (Å²) in [7, 11) is 0. The van der Waals surface area contributed by atoms with E-state index in [0.717, 1.165) is 19.3 Å². The van der Waals surface area contributed by atoms with E-state index in [2.05, 4.69) is 6.58 Å². The van der Waals surface area contributed by atoms with Crippen LogP contribution in [-0.4, -0.2) is 5.78 Å². The molecule has 2 saturated carbocycles. The van der Waals surface area contributed by atoms with Gasteiger partial charge in [0.25, 0.3) is 0 Å². The van der Waals surface area contributed by atoms with E-state index in [9.17, 15) is 4.79 Å². The predicted octanol–water partition coefficient (Wildman–Crippen LogP) is 2.32. The van der Waals surface area contributed by atoms with Gasteiger partial charge in [0.05, 0.1) is 0 Å². The molecule has 0 saturated heterocycles. The summed E-state index contributed by atoms with van der Waals surface area (Å²) in [5.41, 5.74) is 0.388. The summed E-state index contributed by atoms with van der Waals surface area (Å²) in [5, 5.41) is 0. The van der Waals surface area contributed by atoms with Gasteiger partial charge in [-0.25, -0.2) is 0 Å². The fourth-order valence-electron chi connectivity index (χ4n) is 2.80. The number of carbonyl (C=O) groups excluding carboxylic acids is 1. The molecule has 0 bridgehead atoms. The van der Waals surface area contributed by atoms with Crippen molar-refractivity contribution in [1.82, 2.24) is 0 Å². The fraction of sp³-hybridized carbons (Fsp3) is 0.700. The molecule has 0 aromatic rings. The zero-order valence-electron chi connectivity index (χ0n) is 6.81. The molecule has 2 aliphatic rings. The van der Waals surface area contributed by atoms with Gasteiger partial charge >= 0.3 is 0 Å². The maximum atomic E-state index is 11.2. The lowest BCUT2D eigenvalue weighted by atomic mass is 9.59. The first-order valence-corrected chi connectivity index (χ1v) is 4.42. The Morgan fingerprint density at radius 2 is 2.55 bits per heavy atom. The maximum absolute atomic E-state index is 11.2.